The Balaban J connectivity index is 1.76. The van der Waals surface area contributed by atoms with Gasteiger partial charge in [-0.1, -0.05) is 12.1 Å². The van der Waals surface area contributed by atoms with Crippen LogP contribution >= 0.6 is 0 Å². The van der Waals surface area contributed by atoms with Crippen molar-refractivity contribution in [2.45, 2.75) is 25.9 Å². The minimum absolute atomic E-state index is 0.0526. The van der Waals surface area contributed by atoms with Crippen molar-refractivity contribution in [3.05, 3.63) is 24.3 Å². The number of carbonyl (C=O) groups is 2. The van der Waals surface area contributed by atoms with Gasteiger partial charge < -0.3 is 14.4 Å². The van der Waals surface area contributed by atoms with Gasteiger partial charge in [0.15, 0.2) is 6.10 Å². The number of benzene rings is 1. The highest BCUT2D eigenvalue weighted by molar-refractivity contribution is 7.92. The average Bonchev–Trinajstić information content (AvgIpc) is 2.71. The van der Waals surface area contributed by atoms with E-state index in [0.29, 0.717) is 37.4 Å². The molecule has 8 nitrogen and oxygen atoms in total. The molecule has 2 aliphatic rings. The Labute approximate surface area is 159 Å². The summed E-state index contributed by atoms with van der Waals surface area (Å²) in [5.41, 5.74) is 0.452. The Bertz CT molecular complexity index is 817. The summed E-state index contributed by atoms with van der Waals surface area (Å²) in [5.74, 6) is -0.408. The van der Waals surface area contributed by atoms with Crippen LogP contribution in [-0.4, -0.2) is 63.8 Å². The zero-order chi connectivity index (χ0) is 19.6. The number of sulfonamides is 1. The SMILES string of the molecule is CCS(=O)(=O)N1CC(C(=O)N2CCC(C(=O)OC)CC2)Oc2ccccc21. The van der Waals surface area contributed by atoms with Gasteiger partial charge in [-0.2, -0.15) is 0 Å². The quantitative estimate of drug-likeness (QED) is 0.706. The molecule has 0 aromatic heterocycles. The molecule has 2 heterocycles. The highest BCUT2D eigenvalue weighted by Crippen LogP contribution is 2.35. The van der Waals surface area contributed by atoms with E-state index in [2.05, 4.69) is 0 Å². The fourth-order valence-electron chi connectivity index (χ4n) is 3.46. The Morgan fingerprint density at radius 1 is 1.22 bits per heavy atom. The number of hydrogen-bond donors (Lipinski definition) is 0. The predicted octanol–water partition coefficient (Wildman–Crippen LogP) is 1.02. The lowest BCUT2D eigenvalue weighted by Crippen LogP contribution is -2.53. The number of ether oxygens (including phenoxy) is 2. The summed E-state index contributed by atoms with van der Waals surface area (Å²) in [4.78, 5) is 26.2. The fraction of sp³-hybridized carbons (Fsp3) is 0.556. The second-order valence-electron chi connectivity index (χ2n) is 6.63. The third-order valence-electron chi connectivity index (χ3n) is 5.05. The van der Waals surface area contributed by atoms with E-state index in [0.717, 1.165) is 0 Å². The first-order valence-corrected chi connectivity index (χ1v) is 10.6. The Hall–Kier alpha value is -2.29. The first-order valence-electron chi connectivity index (χ1n) is 9.00. The second-order valence-corrected chi connectivity index (χ2v) is 8.81. The highest BCUT2D eigenvalue weighted by Gasteiger charge is 2.39. The van der Waals surface area contributed by atoms with E-state index < -0.39 is 16.1 Å². The Kier molecular flexibility index (Phi) is 5.59. The van der Waals surface area contributed by atoms with Gasteiger partial charge in [-0.25, -0.2) is 8.42 Å². The number of fused-ring (bicyclic) bond motifs is 1. The van der Waals surface area contributed by atoms with E-state index in [1.54, 1.807) is 36.1 Å². The van der Waals surface area contributed by atoms with Gasteiger partial charge >= 0.3 is 5.97 Å². The number of likely N-dealkylation sites (tertiary alicyclic amines) is 1. The third kappa shape index (κ3) is 3.87. The van der Waals surface area contributed by atoms with Gasteiger partial charge in [0.25, 0.3) is 5.91 Å². The van der Waals surface area contributed by atoms with E-state index >= 15 is 0 Å². The highest BCUT2D eigenvalue weighted by atomic mass is 32.2. The molecule has 0 bridgehead atoms. The largest absolute Gasteiger partial charge is 0.476 e. The molecule has 9 heteroatoms. The van der Waals surface area contributed by atoms with Crippen molar-refractivity contribution in [1.82, 2.24) is 4.90 Å². The van der Waals surface area contributed by atoms with Crippen LogP contribution in [0.1, 0.15) is 19.8 Å². The van der Waals surface area contributed by atoms with Gasteiger partial charge in [0.2, 0.25) is 10.0 Å². The van der Waals surface area contributed by atoms with Crippen molar-refractivity contribution >= 4 is 27.6 Å². The van der Waals surface area contributed by atoms with Crippen molar-refractivity contribution in [2.75, 3.05) is 36.8 Å². The number of carbonyl (C=O) groups excluding carboxylic acids is 2. The summed E-state index contributed by atoms with van der Waals surface area (Å²) in [5, 5.41) is 0. The van der Waals surface area contributed by atoms with Gasteiger partial charge in [0.1, 0.15) is 5.75 Å². The molecule has 0 radical (unpaired) electrons. The van der Waals surface area contributed by atoms with Crippen LogP contribution in [0.25, 0.3) is 0 Å². The zero-order valence-electron chi connectivity index (χ0n) is 15.5. The molecule has 1 saturated heterocycles. The lowest BCUT2D eigenvalue weighted by atomic mass is 9.96. The molecular weight excluding hydrogens is 372 g/mol. The van der Waals surface area contributed by atoms with Crippen LogP contribution in [0.4, 0.5) is 5.69 Å². The van der Waals surface area contributed by atoms with Crippen LogP contribution in [0.15, 0.2) is 24.3 Å². The molecular formula is C18H24N2O6S. The predicted molar refractivity (Wildman–Crippen MR) is 99.0 cm³/mol. The van der Waals surface area contributed by atoms with Gasteiger partial charge in [-0.05, 0) is 31.9 Å². The summed E-state index contributed by atoms with van der Waals surface area (Å²) in [6.45, 7) is 2.35. The smallest absolute Gasteiger partial charge is 0.308 e. The summed E-state index contributed by atoms with van der Waals surface area (Å²) in [6.07, 6.45) is 0.146. The Morgan fingerprint density at radius 3 is 2.52 bits per heavy atom. The number of esters is 1. The molecule has 1 aromatic carbocycles. The van der Waals surface area contributed by atoms with Crippen LogP contribution in [0.3, 0.4) is 0 Å². The average molecular weight is 396 g/mol. The molecule has 1 atom stereocenters. The lowest BCUT2D eigenvalue weighted by molar-refractivity contribution is -0.150. The van der Waals surface area contributed by atoms with E-state index in [4.69, 9.17) is 9.47 Å². The van der Waals surface area contributed by atoms with Gasteiger partial charge in [-0.3, -0.25) is 13.9 Å². The van der Waals surface area contributed by atoms with Crippen LogP contribution in [0, 0.1) is 5.92 Å². The van der Waals surface area contributed by atoms with Crippen LogP contribution in [0.2, 0.25) is 0 Å². The molecule has 0 spiro atoms. The molecule has 2 aliphatic heterocycles. The molecule has 3 rings (SSSR count). The van der Waals surface area contributed by atoms with E-state index in [1.165, 1.54) is 11.4 Å². The summed E-state index contributed by atoms with van der Waals surface area (Å²) >= 11 is 0. The molecule has 27 heavy (non-hydrogen) atoms. The first-order chi connectivity index (χ1) is 12.9. The van der Waals surface area contributed by atoms with Gasteiger partial charge in [-0.15, -0.1) is 0 Å². The number of amides is 1. The van der Waals surface area contributed by atoms with Crippen LogP contribution in [0.5, 0.6) is 5.75 Å². The molecule has 148 valence electrons. The number of piperidine rings is 1. The molecule has 1 fully saturated rings. The molecule has 0 N–H and O–H groups in total. The maximum atomic E-state index is 12.9. The maximum absolute atomic E-state index is 12.9. The monoisotopic (exact) mass is 396 g/mol. The minimum atomic E-state index is -3.53. The van der Waals surface area contributed by atoms with E-state index in [1.807, 2.05) is 0 Å². The molecule has 0 saturated carbocycles. The summed E-state index contributed by atoms with van der Waals surface area (Å²) in [6, 6.07) is 6.81. The maximum Gasteiger partial charge on any atom is 0.308 e. The lowest BCUT2D eigenvalue weighted by Gasteiger charge is -2.38. The molecule has 0 aliphatic carbocycles. The minimum Gasteiger partial charge on any atom is -0.476 e. The molecule has 1 unspecified atom stereocenters. The van der Waals surface area contributed by atoms with Crippen LogP contribution < -0.4 is 9.04 Å². The van der Waals surface area contributed by atoms with Gasteiger partial charge in [0, 0.05) is 13.1 Å². The zero-order valence-corrected chi connectivity index (χ0v) is 16.3. The van der Waals surface area contributed by atoms with Crippen molar-refractivity contribution in [3.63, 3.8) is 0 Å². The number of nitrogens with zero attached hydrogens (tertiary/aromatic N) is 2. The normalized spacial score (nSPS) is 20.6. The Morgan fingerprint density at radius 2 is 1.89 bits per heavy atom. The second kappa shape index (κ2) is 7.75. The number of methoxy groups -OCH3 is 1. The first kappa shape index (κ1) is 19.5. The molecule has 1 amide bonds. The van der Waals surface area contributed by atoms with Crippen molar-refractivity contribution in [1.29, 1.82) is 0 Å². The van der Waals surface area contributed by atoms with Crippen molar-refractivity contribution in [2.24, 2.45) is 5.92 Å². The van der Waals surface area contributed by atoms with Gasteiger partial charge in [0.05, 0.1) is 31.0 Å². The van der Waals surface area contributed by atoms with Crippen molar-refractivity contribution in [3.8, 4) is 5.75 Å². The van der Waals surface area contributed by atoms with E-state index in [-0.39, 0.29) is 30.1 Å². The topological polar surface area (TPSA) is 93.2 Å². The summed E-state index contributed by atoms with van der Waals surface area (Å²) < 4.78 is 36.9. The number of para-hydroxylation sites is 2. The van der Waals surface area contributed by atoms with E-state index in [9.17, 15) is 18.0 Å². The number of rotatable bonds is 4. The number of anilines is 1. The van der Waals surface area contributed by atoms with Crippen molar-refractivity contribution < 1.29 is 27.5 Å². The standard InChI is InChI=1S/C18H24N2O6S/c1-3-27(23,24)20-12-16(26-15-7-5-4-6-14(15)20)17(21)19-10-8-13(9-11-19)18(22)25-2/h4-7,13,16H,3,8-12H2,1-2H3. The third-order valence-corrected chi connectivity index (χ3v) is 6.80. The summed E-state index contributed by atoms with van der Waals surface area (Å²) in [7, 11) is -2.18. The van der Waals surface area contributed by atoms with Crippen LogP contribution in [-0.2, 0) is 24.3 Å². The number of hydrogen-bond acceptors (Lipinski definition) is 6. The molecule has 1 aromatic rings. The fourth-order valence-corrected chi connectivity index (χ4v) is 4.58.